The van der Waals surface area contributed by atoms with Crippen LogP contribution in [0.4, 0.5) is 0 Å². The van der Waals surface area contributed by atoms with E-state index in [2.05, 4.69) is 33.5 Å². The molecule has 2 aliphatic carbocycles. The van der Waals surface area contributed by atoms with E-state index >= 15 is 0 Å². The Morgan fingerprint density at radius 1 is 1.24 bits per heavy atom. The molecule has 6 heteroatoms. The second-order valence-electron chi connectivity index (χ2n) is 6.93. The molecule has 0 spiro atoms. The molecule has 1 aromatic rings. The van der Waals surface area contributed by atoms with Gasteiger partial charge in [0.25, 0.3) is 0 Å². The first-order chi connectivity index (χ1) is 11.8. The summed E-state index contributed by atoms with van der Waals surface area (Å²) in [7, 11) is 0. The second kappa shape index (κ2) is 11.0. The van der Waals surface area contributed by atoms with Gasteiger partial charge in [0.15, 0.2) is 5.96 Å². The molecule has 3 rings (SSSR count). The summed E-state index contributed by atoms with van der Waals surface area (Å²) in [6.45, 7) is 7.13. The minimum atomic E-state index is 0. The second-order valence-corrected chi connectivity index (χ2v) is 6.93. The molecule has 2 fully saturated rings. The number of nitrogens with zero attached hydrogens (tertiary/aromatic N) is 3. The molecule has 0 bridgehead atoms. The van der Waals surface area contributed by atoms with E-state index in [4.69, 9.17) is 4.99 Å². The molecule has 2 N–H and O–H groups in total. The number of hydrogen-bond donors (Lipinski definition) is 2. The normalized spacial score (nSPS) is 17.3. The molecule has 2 aliphatic rings. The minimum Gasteiger partial charge on any atom is -0.357 e. The highest BCUT2D eigenvalue weighted by molar-refractivity contribution is 14.0. The molecule has 2 saturated carbocycles. The first-order valence-corrected chi connectivity index (χ1v) is 9.51. The SMILES string of the molecule is CCNC(=NCCN(CC1CC1)C1CC1)NCCc1ccccn1.I. The van der Waals surface area contributed by atoms with Gasteiger partial charge in [-0.05, 0) is 50.7 Å². The Morgan fingerprint density at radius 2 is 2.08 bits per heavy atom. The number of rotatable bonds is 10. The zero-order valence-corrected chi connectivity index (χ0v) is 17.6. The van der Waals surface area contributed by atoms with E-state index < -0.39 is 0 Å². The zero-order valence-electron chi connectivity index (χ0n) is 15.3. The number of pyridine rings is 1. The number of aromatic nitrogens is 1. The van der Waals surface area contributed by atoms with E-state index in [-0.39, 0.29) is 24.0 Å². The van der Waals surface area contributed by atoms with Crippen LogP contribution >= 0.6 is 24.0 Å². The molecular weight excluding hydrogens is 425 g/mol. The lowest BCUT2D eigenvalue weighted by atomic mass is 10.3. The third-order valence-corrected chi connectivity index (χ3v) is 4.65. The van der Waals surface area contributed by atoms with Crippen molar-refractivity contribution in [3.8, 4) is 0 Å². The van der Waals surface area contributed by atoms with Crippen LogP contribution in [-0.4, -0.2) is 54.6 Å². The van der Waals surface area contributed by atoms with Gasteiger partial charge >= 0.3 is 0 Å². The summed E-state index contributed by atoms with van der Waals surface area (Å²) >= 11 is 0. The quantitative estimate of drug-likeness (QED) is 0.322. The molecule has 5 nitrogen and oxygen atoms in total. The fourth-order valence-electron chi connectivity index (χ4n) is 2.98. The Hall–Kier alpha value is -0.890. The summed E-state index contributed by atoms with van der Waals surface area (Å²) in [5.41, 5.74) is 1.12. The van der Waals surface area contributed by atoms with Crippen molar-refractivity contribution in [2.75, 3.05) is 32.7 Å². The average Bonchev–Trinajstić information content (AvgIpc) is 3.48. The van der Waals surface area contributed by atoms with E-state index in [1.54, 1.807) is 0 Å². The van der Waals surface area contributed by atoms with Gasteiger partial charge in [0.05, 0.1) is 6.54 Å². The van der Waals surface area contributed by atoms with Crippen molar-refractivity contribution >= 4 is 29.9 Å². The van der Waals surface area contributed by atoms with Crippen LogP contribution in [0.2, 0.25) is 0 Å². The highest BCUT2D eigenvalue weighted by Gasteiger charge is 2.33. The predicted molar refractivity (Wildman–Crippen MR) is 115 cm³/mol. The van der Waals surface area contributed by atoms with Crippen LogP contribution in [0, 0.1) is 5.92 Å². The maximum Gasteiger partial charge on any atom is 0.191 e. The average molecular weight is 457 g/mol. The Labute approximate surface area is 169 Å². The number of halogens is 1. The van der Waals surface area contributed by atoms with Gasteiger partial charge in [0.1, 0.15) is 0 Å². The molecule has 0 atom stereocenters. The Bertz CT molecular complexity index is 514. The molecular formula is C19H32IN5. The zero-order chi connectivity index (χ0) is 16.6. The van der Waals surface area contributed by atoms with E-state index in [1.165, 1.54) is 32.2 Å². The summed E-state index contributed by atoms with van der Waals surface area (Å²) < 4.78 is 0. The number of nitrogens with one attached hydrogen (secondary N) is 2. The lowest BCUT2D eigenvalue weighted by molar-refractivity contribution is 0.260. The van der Waals surface area contributed by atoms with Crippen LogP contribution in [0.3, 0.4) is 0 Å². The van der Waals surface area contributed by atoms with E-state index in [0.717, 1.165) is 56.2 Å². The van der Waals surface area contributed by atoms with Crippen LogP contribution in [-0.2, 0) is 6.42 Å². The molecule has 1 heterocycles. The lowest BCUT2D eigenvalue weighted by Gasteiger charge is -2.21. The van der Waals surface area contributed by atoms with E-state index in [9.17, 15) is 0 Å². The number of hydrogen-bond acceptors (Lipinski definition) is 3. The first kappa shape index (κ1) is 20.4. The van der Waals surface area contributed by atoms with Gasteiger partial charge in [-0.3, -0.25) is 14.9 Å². The number of guanidine groups is 1. The molecule has 0 radical (unpaired) electrons. The fraction of sp³-hybridized carbons (Fsp3) is 0.684. The Balaban J connectivity index is 0.00000225. The monoisotopic (exact) mass is 457 g/mol. The van der Waals surface area contributed by atoms with Gasteiger partial charge in [-0.25, -0.2) is 0 Å². The van der Waals surface area contributed by atoms with Crippen LogP contribution in [0.25, 0.3) is 0 Å². The lowest BCUT2D eigenvalue weighted by Crippen LogP contribution is -2.39. The van der Waals surface area contributed by atoms with Gasteiger partial charge in [0, 0.05) is 50.5 Å². The highest BCUT2D eigenvalue weighted by atomic mass is 127. The largest absolute Gasteiger partial charge is 0.357 e. The van der Waals surface area contributed by atoms with Crippen molar-refractivity contribution in [1.29, 1.82) is 0 Å². The molecule has 0 saturated heterocycles. The first-order valence-electron chi connectivity index (χ1n) is 9.51. The molecule has 0 unspecified atom stereocenters. The van der Waals surface area contributed by atoms with Crippen LogP contribution in [0.15, 0.2) is 29.4 Å². The number of aliphatic imine (C=N–C) groups is 1. The summed E-state index contributed by atoms with van der Waals surface area (Å²) in [5.74, 6) is 1.90. The van der Waals surface area contributed by atoms with Crippen LogP contribution in [0.5, 0.6) is 0 Å². The van der Waals surface area contributed by atoms with Crippen LogP contribution < -0.4 is 10.6 Å². The predicted octanol–water partition coefficient (Wildman–Crippen LogP) is 2.67. The van der Waals surface area contributed by atoms with Gasteiger partial charge in [-0.2, -0.15) is 0 Å². The van der Waals surface area contributed by atoms with Gasteiger partial charge in [0.2, 0.25) is 0 Å². The molecule has 0 aromatic carbocycles. The third kappa shape index (κ3) is 7.90. The summed E-state index contributed by atoms with van der Waals surface area (Å²) in [4.78, 5) is 11.8. The molecule has 140 valence electrons. The fourth-order valence-corrected chi connectivity index (χ4v) is 2.98. The standard InChI is InChI=1S/C19H31N5.HI/c1-2-20-19(22-12-10-17-5-3-4-11-21-17)23-13-14-24(18-8-9-18)15-16-6-7-16;/h3-5,11,16,18H,2,6-10,12-15H2,1H3,(H2,20,22,23);1H. The van der Waals surface area contributed by atoms with Crippen molar-refractivity contribution < 1.29 is 0 Å². The summed E-state index contributed by atoms with van der Waals surface area (Å²) in [5, 5.41) is 6.76. The van der Waals surface area contributed by atoms with Gasteiger partial charge in [-0.15, -0.1) is 24.0 Å². The summed E-state index contributed by atoms with van der Waals surface area (Å²) in [6.07, 6.45) is 8.41. The highest BCUT2D eigenvalue weighted by Crippen LogP contribution is 2.34. The maximum atomic E-state index is 4.75. The van der Waals surface area contributed by atoms with E-state index in [0.29, 0.717) is 0 Å². The topological polar surface area (TPSA) is 52.6 Å². The maximum absolute atomic E-state index is 4.75. The van der Waals surface area contributed by atoms with Gasteiger partial charge < -0.3 is 10.6 Å². The third-order valence-electron chi connectivity index (χ3n) is 4.65. The molecule has 0 aliphatic heterocycles. The van der Waals surface area contributed by atoms with Crippen molar-refractivity contribution in [1.82, 2.24) is 20.5 Å². The smallest absolute Gasteiger partial charge is 0.191 e. The van der Waals surface area contributed by atoms with Crippen molar-refractivity contribution in [3.05, 3.63) is 30.1 Å². The minimum absolute atomic E-state index is 0. The van der Waals surface area contributed by atoms with Crippen molar-refractivity contribution in [2.45, 2.75) is 45.1 Å². The molecule has 25 heavy (non-hydrogen) atoms. The van der Waals surface area contributed by atoms with Crippen molar-refractivity contribution in [2.24, 2.45) is 10.9 Å². The van der Waals surface area contributed by atoms with E-state index in [1.807, 2.05) is 18.3 Å². The molecule has 1 aromatic heterocycles. The summed E-state index contributed by atoms with van der Waals surface area (Å²) in [6, 6.07) is 6.90. The van der Waals surface area contributed by atoms with Crippen LogP contribution in [0.1, 0.15) is 38.3 Å². The molecule has 0 amide bonds. The van der Waals surface area contributed by atoms with Crippen molar-refractivity contribution in [3.63, 3.8) is 0 Å². The Kier molecular flexibility index (Phi) is 8.95. The van der Waals surface area contributed by atoms with Gasteiger partial charge in [-0.1, -0.05) is 6.07 Å². The Morgan fingerprint density at radius 3 is 2.72 bits per heavy atom.